The zero-order chi connectivity index (χ0) is 15.5. The maximum absolute atomic E-state index is 10.9. The Hall–Kier alpha value is -2.80. The van der Waals surface area contributed by atoms with Crippen molar-refractivity contribution in [1.82, 2.24) is 4.98 Å². The molecule has 0 amide bonds. The number of nitrogens with zero attached hydrogens (tertiary/aromatic N) is 3. The molecule has 3 rings (SSSR count). The average molecular weight is 312 g/mol. The molecule has 7 heteroatoms. The molecule has 2 aromatic carbocycles. The Morgan fingerprint density at radius 1 is 1.32 bits per heavy atom. The molecule has 0 aliphatic carbocycles. The van der Waals surface area contributed by atoms with E-state index in [-0.39, 0.29) is 5.69 Å². The van der Waals surface area contributed by atoms with Crippen molar-refractivity contribution in [3.05, 3.63) is 63.7 Å². The number of thiazole rings is 1. The van der Waals surface area contributed by atoms with E-state index in [1.807, 2.05) is 24.3 Å². The maximum atomic E-state index is 10.9. The number of anilines is 1. The van der Waals surface area contributed by atoms with Crippen molar-refractivity contribution in [2.45, 2.75) is 6.92 Å². The van der Waals surface area contributed by atoms with E-state index in [4.69, 9.17) is 0 Å². The highest BCUT2D eigenvalue weighted by molar-refractivity contribution is 7.22. The number of nitro groups is 1. The molecule has 1 N–H and O–H groups in total. The van der Waals surface area contributed by atoms with E-state index in [9.17, 15) is 10.1 Å². The van der Waals surface area contributed by atoms with Gasteiger partial charge in [0.2, 0.25) is 5.13 Å². The van der Waals surface area contributed by atoms with Crippen molar-refractivity contribution in [2.75, 3.05) is 5.43 Å². The highest BCUT2D eigenvalue weighted by atomic mass is 32.1. The van der Waals surface area contributed by atoms with Crippen LogP contribution in [0.5, 0.6) is 0 Å². The summed E-state index contributed by atoms with van der Waals surface area (Å²) in [6, 6.07) is 12.8. The standard InChI is InChI=1S/C15H12N4O2S/c1-10-6-7-11(8-13(10)19(20)21)9-16-18-15-17-12-4-2-3-5-14(12)22-15/h2-9H,1H3,(H,17,18)/b16-9-. The van der Waals surface area contributed by atoms with Gasteiger partial charge >= 0.3 is 0 Å². The highest BCUT2D eigenvalue weighted by Crippen LogP contribution is 2.25. The van der Waals surface area contributed by atoms with Gasteiger partial charge in [-0.05, 0) is 19.1 Å². The molecular weight excluding hydrogens is 300 g/mol. The number of hydrogen-bond donors (Lipinski definition) is 1. The molecule has 0 saturated heterocycles. The molecule has 0 saturated carbocycles. The summed E-state index contributed by atoms with van der Waals surface area (Å²) in [7, 11) is 0. The van der Waals surface area contributed by atoms with E-state index < -0.39 is 4.92 Å². The largest absolute Gasteiger partial charge is 0.272 e. The van der Waals surface area contributed by atoms with Gasteiger partial charge in [0, 0.05) is 17.2 Å². The molecule has 6 nitrogen and oxygen atoms in total. The second-order valence-electron chi connectivity index (χ2n) is 4.66. The number of fused-ring (bicyclic) bond motifs is 1. The lowest BCUT2D eigenvalue weighted by molar-refractivity contribution is -0.385. The summed E-state index contributed by atoms with van der Waals surface area (Å²) in [4.78, 5) is 14.9. The molecule has 110 valence electrons. The van der Waals surface area contributed by atoms with Crippen LogP contribution >= 0.6 is 11.3 Å². The molecule has 3 aromatic rings. The molecule has 1 heterocycles. The van der Waals surface area contributed by atoms with E-state index >= 15 is 0 Å². The summed E-state index contributed by atoms with van der Waals surface area (Å²) >= 11 is 1.50. The van der Waals surface area contributed by atoms with Crippen molar-refractivity contribution < 1.29 is 4.92 Å². The monoisotopic (exact) mass is 312 g/mol. The van der Waals surface area contributed by atoms with Crippen molar-refractivity contribution in [2.24, 2.45) is 5.10 Å². The molecular formula is C15H12N4O2S. The van der Waals surface area contributed by atoms with E-state index in [2.05, 4.69) is 15.5 Å². The molecule has 0 unspecified atom stereocenters. The Morgan fingerprint density at radius 2 is 2.14 bits per heavy atom. The number of rotatable bonds is 4. The summed E-state index contributed by atoms with van der Waals surface area (Å²) in [5, 5.41) is 15.7. The minimum Gasteiger partial charge on any atom is -0.258 e. The second kappa shape index (κ2) is 5.90. The first kappa shape index (κ1) is 14.2. The van der Waals surface area contributed by atoms with Gasteiger partial charge < -0.3 is 0 Å². The Kier molecular flexibility index (Phi) is 3.80. The molecule has 0 aliphatic rings. The third kappa shape index (κ3) is 2.94. The Labute approximate surface area is 130 Å². The predicted octanol–water partition coefficient (Wildman–Crippen LogP) is 3.96. The minimum absolute atomic E-state index is 0.0870. The van der Waals surface area contributed by atoms with Gasteiger partial charge in [0.15, 0.2) is 0 Å². The zero-order valence-electron chi connectivity index (χ0n) is 11.7. The van der Waals surface area contributed by atoms with Crippen LogP contribution in [0.2, 0.25) is 0 Å². The molecule has 22 heavy (non-hydrogen) atoms. The number of hydrazone groups is 1. The lowest BCUT2D eigenvalue weighted by atomic mass is 10.1. The van der Waals surface area contributed by atoms with Gasteiger partial charge in [0.25, 0.3) is 5.69 Å². The van der Waals surface area contributed by atoms with Crippen LogP contribution in [0.4, 0.5) is 10.8 Å². The summed E-state index contributed by atoms with van der Waals surface area (Å²) in [5.74, 6) is 0. The van der Waals surface area contributed by atoms with Crippen molar-refractivity contribution in [3.8, 4) is 0 Å². The number of aryl methyl sites for hydroxylation is 1. The first-order valence-electron chi connectivity index (χ1n) is 6.53. The van der Waals surface area contributed by atoms with E-state index in [1.165, 1.54) is 17.4 Å². The normalized spacial score (nSPS) is 11.1. The Balaban J connectivity index is 1.77. The summed E-state index contributed by atoms with van der Waals surface area (Å²) in [6.45, 7) is 1.71. The first-order valence-corrected chi connectivity index (χ1v) is 7.35. The van der Waals surface area contributed by atoms with Crippen molar-refractivity contribution >= 4 is 38.6 Å². The van der Waals surface area contributed by atoms with Gasteiger partial charge in [-0.1, -0.05) is 35.6 Å². The summed E-state index contributed by atoms with van der Waals surface area (Å²) in [6.07, 6.45) is 1.54. The van der Waals surface area contributed by atoms with Crippen LogP contribution in [0.3, 0.4) is 0 Å². The van der Waals surface area contributed by atoms with Crippen molar-refractivity contribution in [3.63, 3.8) is 0 Å². The van der Waals surface area contributed by atoms with E-state index in [1.54, 1.807) is 25.3 Å². The average Bonchev–Trinajstić information content (AvgIpc) is 2.91. The topological polar surface area (TPSA) is 80.4 Å². The third-order valence-corrected chi connectivity index (χ3v) is 4.04. The van der Waals surface area contributed by atoms with E-state index in [0.29, 0.717) is 16.3 Å². The number of benzene rings is 2. The molecule has 0 bridgehead atoms. The lowest BCUT2D eigenvalue weighted by Gasteiger charge is -1.98. The van der Waals surface area contributed by atoms with Gasteiger partial charge in [0.1, 0.15) is 0 Å². The molecule has 0 atom stereocenters. The molecule has 0 fully saturated rings. The zero-order valence-corrected chi connectivity index (χ0v) is 12.5. The Morgan fingerprint density at radius 3 is 2.91 bits per heavy atom. The third-order valence-electron chi connectivity index (χ3n) is 3.10. The van der Waals surface area contributed by atoms with Crippen LogP contribution in [0.15, 0.2) is 47.6 Å². The number of nitrogens with one attached hydrogen (secondary N) is 1. The lowest BCUT2D eigenvalue weighted by Crippen LogP contribution is -1.94. The van der Waals surface area contributed by atoms with Gasteiger partial charge in [-0.2, -0.15) is 5.10 Å². The van der Waals surface area contributed by atoms with Crippen LogP contribution in [0.1, 0.15) is 11.1 Å². The molecule has 1 aromatic heterocycles. The predicted molar refractivity (Wildman–Crippen MR) is 88.7 cm³/mol. The maximum Gasteiger partial charge on any atom is 0.272 e. The highest BCUT2D eigenvalue weighted by Gasteiger charge is 2.09. The van der Waals surface area contributed by atoms with Crippen LogP contribution in [-0.4, -0.2) is 16.1 Å². The molecule has 0 radical (unpaired) electrons. The fourth-order valence-corrected chi connectivity index (χ4v) is 2.80. The van der Waals surface area contributed by atoms with Gasteiger partial charge in [-0.3, -0.25) is 15.5 Å². The van der Waals surface area contributed by atoms with E-state index in [0.717, 1.165) is 10.2 Å². The van der Waals surface area contributed by atoms with Crippen LogP contribution in [0, 0.1) is 17.0 Å². The smallest absolute Gasteiger partial charge is 0.258 e. The van der Waals surface area contributed by atoms with Crippen LogP contribution in [-0.2, 0) is 0 Å². The van der Waals surface area contributed by atoms with Crippen molar-refractivity contribution in [1.29, 1.82) is 0 Å². The van der Waals surface area contributed by atoms with Crippen LogP contribution < -0.4 is 5.43 Å². The summed E-state index contributed by atoms with van der Waals surface area (Å²) in [5.41, 5.74) is 5.14. The van der Waals surface area contributed by atoms with Gasteiger partial charge in [-0.25, -0.2) is 4.98 Å². The second-order valence-corrected chi connectivity index (χ2v) is 5.69. The summed E-state index contributed by atoms with van der Waals surface area (Å²) < 4.78 is 1.08. The fraction of sp³-hybridized carbons (Fsp3) is 0.0667. The Bertz CT molecular complexity index is 840. The van der Waals surface area contributed by atoms with Crippen LogP contribution in [0.25, 0.3) is 10.2 Å². The number of hydrogen-bond acceptors (Lipinski definition) is 6. The SMILES string of the molecule is Cc1ccc(/C=N\Nc2nc3ccccc3s2)cc1[N+](=O)[O-]. The van der Waals surface area contributed by atoms with Gasteiger partial charge in [0.05, 0.1) is 21.4 Å². The minimum atomic E-state index is -0.395. The first-order chi connectivity index (χ1) is 10.6. The number of nitro benzene ring substituents is 1. The quantitative estimate of drug-likeness (QED) is 0.449. The van der Waals surface area contributed by atoms with Gasteiger partial charge in [-0.15, -0.1) is 0 Å². The molecule has 0 spiro atoms. The number of aromatic nitrogens is 1. The number of para-hydroxylation sites is 1. The molecule has 0 aliphatic heterocycles. The fourth-order valence-electron chi connectivity index (χ4n) is 1.99.